The van der Waals surface area contributed by atoms with Gasteiger partial charge in [0, 0.05) is 39.0 Å². The van der Waals surface area contributed by atoms with E-state index >= 15 is 0 Å². The molecule has 21 heavy (non-hydrogen) atoms. The van der Waals surface area contributed by atoms with E-state index in [2.05, 4.69) is 9.88 Å². The molecule has 1 aromatic heterocycles. The Labute approximate surface area is 122 Å². The molecule has 0 bridgehead atoms. The first-order valence-corrected chi connectivity index (χ1v) is 7.12. The normalized spacial score (nSPS) is 17.8. The molecule has 0 spiro atoms. The van der Waals surface area contributed by atoms with Crippen molar-refractivity contribution in [3.8, 4) is 0 Å². The lowest BCUT2D eigenvalue weighted by molar-refractivity contribution is -0.137. The second kappa shape index (κ2) is 7.09. The summed E-state index contributed by atoms with van der Waals surface area (Å²) in [4.78, 5) is 8.22. The fourth-order valence-corrected chi connectivity index (χ4v) is 2.46. The molecular weight excluding hydrogens is 283 g/mol. The molecule has 0 radical (unpaired) electrons. The Balaban J connectivity index is 1.96. The van der Waals surface area contributed by atoms with Crippen molar-refractivity contribution in [1.82, 2.24) is 9.88 Å². The van der Waals surface area contributed by atoms with Crippen LogP contribution in [0, 0.1) is 0 Å². The number of anilines is 1. The van der Waals surface area contributed by atoms with Gasteiger partial charge in [0.1, 0.15) is 5.82 Å². The molecule has 7 heteroatoms. The molecule has 1 aromatic rings. The first-order valence-electron chi connectivity index (χ1n) is 7.12. The highest BCUT2D eigenvalue weighted by Gasteiger charge is 2.30. The van der Waals surface area contributed by atoms with E-state index in [1.807, 2.05) is 4.90 Å². The summed E-state index contributed by atoms with van der Waals surface area (Å²) in [7, 11) is 0. The highest BCUT2D eigenvalue weighted by atomic mass is 19.4. The lowest BCUT2D eigenvalue weighted by Gasteiger charge is -2.22. The highest BCUT2D eigenvalue weighted by molar-refractivity contribution is 5.40. The number of rotatable bonds is 4. The summed E-state index contributed by atoms with van der Waals surface area (Å²) in [5, 5.41) is 8.85. The van der Waals surface area contributed by atoms with Crippen molar-refractivity contribution in [2.24, 2.45) is 0 Å². The number of hydrogen-bond donors (Lipinski definition) is 1. The standard InChI is InChI=1S/C14H20F3N3O/c15-14(16,17)12-3-4-13(18-11-12)20-7-1-5-19(8-9-20)6-2-10-21/h3-4,11,21H,1-2,5-10H2. The van der Waals surface area contributed by atoms with Crippen LogP contribution in [0.25, 0.3) is 0 Å². The minimum absolute atomic E-state index is 0.181. The quantitative estimate of drug-likeness (QED) is 0.923. The lowest BCUT2D eigenvalue weighted by Crippen LogP contribution is -2.32. The van der Waals surface area contributed by atoms with Gasteiger partial charge >= 0.3 is 6.18 Å². The molecule has 0 saturated carbocycles. The second-order valence-corrected chi connectivity index (χ2v) is 5.16. The van der Waals surface area contributed by atoms with Crippen LogP contribution >= 0.6 is 0 Å². The van der Waals surface area contributed by atoms with Crippen LogP contribution in [0.2, 0.25) is 0 Å². The van der Waals surface area contributed by atoms with Crippen molar-refractivity contribution in [1.29, 1.82) is 0 Å². The number of nitrogens with zero attached hydrogens (tertiary/aromatic N) is 3. The summed E-state index contributed by atoms with van der Waals surface area (Å²) in [5.74, 6) is 0.590. The van der Waals surface area contributed by atoms with E-state index in [4.69, 9.17) is 5.11 Å². The first kappa shape index (κ1) is 16.0. The third-order valence-electron chi connectivity index (χ3n) is 3.62. The SMILES string of the molecule is OCCCN1CCCN(c2ccc(C(F)(F)F)cn2)CC1. The predicted molar refractivity (Wildman–Crippen MR) is 74.2 cm³/mol. The van der Waals surface area contributed by atoms with Gasteiger partial charge in [0.25, 0.3) is 0 Å². The zero-order valence-corrected chi connectivity index (χ0v) is 11.8. The Morgan fingerprint density at radius 3 is 2.57 bits per heavy atom. The van der Waals surface area contributed by atoms with E-state index in [1.54, 1.807) is 0 Å². The molecule has 4 nitrogen and oxygen atoms in total. The van der Waals surface area contributed by atoms with Crippen LogP contribution in [0.4, 0.5) is 19.0 Å². The smallest absolute Gasteiger partial charge is 0.396 e. The molecule has 1 N–H and O–H groups in total. The molecule has 0 amide bonds. The van der Waals surface area contributed by atoms with Crippen LogP contribution in [0.15, 0.2) is 18.3 Å². The number of alkyl halides is 3. The Hall–Kier alpha value is -1.34. The number of aliphatic hydroxyl groups is 1. The van der Waals surface area contributed by atoms with Gasteiger partial charge in [0.15, 0.2) is 0 Å². The third-order valence-corrected chi connectivity index (χ3v) is 3.62. The summed E-state index contributed by atoms with van der Waals surface area (Å²) < 4.78 is 37.5. The number of halogens is 3. The van der Waals surface area contributed by atoms with Gasteiger partial charge in [0.05, 0.1) is 5.56 Å². The molecule has 1 fully saturated rings. The predicted octanol–water partition coefficient (Wildman–Crippen LogP) is 1.99. The lowest BCUT2D eigenvalue weighted by atomic mass is 10.2. The molecule has 118 valence electrons. The maximum atomic E-state index is 12.5. The van der Waals surface area contributed by atoms with E-state index in [1.165, 1.54) is 6.07 Å². The molecule has 2 heterocycles. The second-order valence-electron chi connectivity index (χ2n) is 5.16. The zero-order chi connectivity index (χ0) is 15.3. The minimum Gasteiger partial charge on any atom is -0.396 e. The topological polar surface area (TPSA) is 39.6 Å². The zero-order valence-electron chi connectivity index (χ0n) is 11.8. The minimum atomic E-state index is -4.34. The van der Waals surface area contributed by atoms with E-state index in [0.717, 1.165) is 57.8 Å². The van der Waals surface area contributed by atoms with Crippen molar-refractivity contribution >= 4 is 5.82 Å². The van der Waals surface area contributed by atoms with Gasteiger partial charge in [-0.3, -0.25) is 0 Å². The molecule has 0 aromatic carbocycles. The van der Waals surface area contributed by atoms with Crippen LogP contribution in [0.3, 0.4) is 0 Å². The van der Waals surface area contributed by atoms with Crippen molar-refractivity contribution in [3.63, 3.8) is 0 Å². The average Bonchev–Trinajstić information content (AvgIpc) is 2.70. The molecule has 0 aliphatic carbocycles. The molecule has 1 aliphatic rings. The number of hydrogen-bond acceptors (Lipinski definition) is 4. The Morgan fingerprint density at radius 2 is 1.95 bits per heavy atom. The van der Waals surface area contributed by atoms with Crippen LogP contribution in [-0.4, -0.2) is 54.3 Å². The van der Waals surface area contributed by atoms with Gasteiger partial charge in [-0.25, -0.2) is 4.98 Å². The molecule has 1 aliphatic heterocycles. The highest BCUT2D eigenvalue weighted by Crippen LogP contribution is 2.29. The summed E-state index contributed by atoms with van der Waals surface area (Å²) >= 11 is 0. The summed E-state index contributed by atoms with van der Waals surface area (Å²) in [6, 6.07) is 2.52. The van der Waals surface area contributed by atoms with Crippen molar-refractivity contribution in [3.05, 3.63) is 23.9 Å². The van der Waals surface area contributed by atoms with Gasteiger partial charge in [-0.2, -0.15) is 13.2 Å². The summed E-state index contributed by atoms with van der Waals surface area (Å²) in [6.45, 7) is 4.34. The van der Waals surface area contributed by atoms with Crippen molar-refractivity contribution < 1.29 is 18.3 Å². The van der Waals surface area contributed by atoms with Crippen molar-refractivity contribution in [2.45, 2.75) is 19.0 Å². The van der Waals surface area contributed by atoms with Gasteiger partial charge < -0.3 is 14.9 Å². The van der Waals surface area contributed by atoms with Crippen LogP contribution in [-0.2, 0) is 6.18 Å². The molecule has 0 unspecified atom stereocenters. The van der Waals surface area contributed by atoms with E-state index in [9.17, 15) is 13.2 Å². The van der Waals surface area contributed by atoms with Gasteiger partial charge in [0.2, 0.25) is 0 Å². The Morgan fingerprint density at radius 1 is 1.14 bits per heavy atom. The van der Waals surface area contributed by atoms with Gasteiger partial charge in [-0.1, -0.05) is 0 Å². The van der Waals surface area contributed by atoms with Gasteiger partial charge in [-0.05, 0) is 31.5 Å². The summed E-state index contributed by atoms with van der Waals surface area (Å²) in [6.07, 6.45) is -1.76. The molecule has 0 atom stereocenters. The van der Waals surface area contributed by atoms with Crippen LogP contribution < -0.4 is 4.90 Å². The Kier molecular flexibility index (Phi) is 5.41. The third kappa shape index (κ3) is 4.57. The number of aliphatic hydroxyl groups excluding tert-OH is 1. The van der Waals surface area contributed by atoms with Crippen LogP contribution in [0.1, 0.15) is 18.4 Å². The van der Waals surface area contributed by atoms with Gasteiger partial charge in [-0.15, -0.1) is 0 Å². The number of aromatic nitrogens is 1. The molecule has 2 rings (SSSR count). The average molecular weight is 303 g/mol. The van der Waals surface area contributed by atoms with E-state index < -0.39 is 11.7 Å². The van der Waals surface area contributed by atoms with Crippen molar-refractivity contribution in [2.75, 3.05) is 44.2 Å². The number of pyridine rings is 1. The summed E-state index contributed by atoms with van der Waals surface area (Å²) in [5.41, 5.74) is -0.717. The molecular formula is C14H20F3N3O. The first-order chi connectivity index (χ1) is 10.0. The maximum Gasteiger partial charge on any atom is 0.417 e. The monoisotopic (exact) mass is 303 g/mol. The largest absolute Gasteiger partial charge is 0.417 e. The fourth-order valence-electron chi connectivity index (χ4n) is 2.46. The van der Waals surface area contributed by atoms with Crippen LogP contribution in [0.5, 0.6) is 0 Å². The fraction of sp³-hybridized carbons (Fsp3) is 0.643. The van der Waals surface area contributed by atoms with E-state index in [0.29, 0.717) is 5.82 Å². The maximum absolute atomic E-state index is 12.5. The Bertz CT molecular complexity index is 436. The van der Waals surface area contributed by atoms with E-state index in [-0.39, 0.29) is 6.61 Å². The molecule has 1 saturated heterocycles.